The Morgan fingerprint density at radius 1 is 1.18 bits per heavy atom. The minimum Gasteiger partial charge on any atom is -0.338 e. The predicted molar refractivity (Wildman–Crippen MR) is 114 cm³/mol. The van der Waals surface area contributed by atoms with Crippen LogP contribution >= 0.6 is 11.3 Å². The molecule has 4 rings (SSSR count). The summed E-state index contributed by atoms with van der Waals surface area (Å²) in [6.07, 6.45) is 4.41. The number of hydrogen-bond acceptors (Lipinski definition) is 8. The fraction of sp³-hybridized carbons (Fsp3) is 0.421. The summed E-state index contributed by atoms with van der Waals surface area (Å²) in [7, 11) is -2.77. The van der Waals surface area contributed by atoms with Crippen LogP contribution in [-0.2, 0) is 9.73 Å². The number of aromatic nitrogens is 3. The number of anilines is 1. The van der Waals surface area contributed by atoms with Gasteiger partial charge < -0.3 is 4.90 Å². The fourth-order valence-electron chi connectivity index (χ4n) is 3.51. The van der Waals surface area contributed by atoms with Crippen molar-refractivity contribution in [3.8, 4) is 0 Å². The molecule has 148 valence electrons. The van der Waals surface area contributed by atoms with E-state index in [2.05, 4.69) is 49.9 Å². The molecular weight excluding hydrogens is 392 g/mol. The zero-order chi connectivity index (χ0) is 19.9. The lowest BCUT2D eigenvalue weighted by molar-refractivity contribution is 0.198. The molecule has 0 saturated carbocycles. The highest BCUT2D eigenvalue weighted by molar-refractivity contribution is 7.91. The largest absolute Gasteiger partial charge is 0.338 e. The van der Waals surface area contributed by atoms with Crippen molar-refractivity contribution < 1.29 is 4.21 Å². The molecule has 1 saturated heterocycles. The Balaban J connectivity index is 1.42. The van der Waals surface area contributed by atoms with Crippen molar-refractivity contribution in [3.63, 3.8) is 0 Å². The lowest BCUT2D eigenvalue weighted by atomic mass is 10.1. The molecule has 9 heteroatoms. The second-order valence-electron chi connectivity index (χ2n) is 7.22. The molecule has 0 amide bonds. The first-order valence-corrected chi connectivity index (χ1v) is 12.0. The first kappa shape index (κ1) is 19.2. The van der Waals surface area contributed by atoms with Crippen LogP contribution in [-0.4, -0.2) is 56.5 Å². The number of thiazole rings is 1. The first-order chi connectivity index (χ1) is 13.3. The molecule has 28 heavy (non-hydrogen) atoms. The van der Waals surface area contributed by atoms with E-state index in [9.17, 15) is 4.21 Å². The summed E-state index contributed by atoms with van der Waals surface area (Å²) in [5.41, 5.74) is 2.38. The molecule has 2 atom stereocenters. The van der Waals surface area contributed by atoms with Gasteiger partial charge in [-0.25, -0.2) is 23.9 Å². The summed E-state index contributed by atoms with van der Waals surface area (Å²) < 4.78 is 20.6. The number of aryl methyl sites for hydroxylation is 1. The van der Waals surface area contributed by atoms with E-state index in [1.54, 1.807) is 11.3 Å². The minimum atomic E-state index is -2.77. The molecule has 3 heterocycles. The van der Waals surface area contributed by atoms with Crippen molar-refractivity contribution in [3.05, 3.63) is 41.2 Å². The SMILES string of the molecule is Cc1nc2cc([C@@H](C)N3CCN(c4ncc(S(C)(=N)=O)cn4)CC3)ccc2s1. The van der Waals surface area contributed by atoms with Crippen LogP contribution in [0.3, 0.4) is 0 Å². The van der Waals surface area contributed by atoms with Gasteiger partial charge in [-0.15, -0.1) is 11.3 Å². The van der Waals surface area contributed by atoms with Crippen molar-refractivity contribution in [1.29, 1.82) is 4.78 Å². The first-order valence-electron chi connectivity index (χ1n) is 9.23. The molecule has 0 radical (unpaired) electrons. The lowest BCUT2D eigenvalue weighted by Crippen LogP contribution is -2.47. The highest BCUT2D eigenvalue weighted by atomic mass is 32.2. The normalized spacial score (nSPS) is 18.9. The second kappa shape index (κ2) is 7.38. The van der Waals surface area contributed by atoms with Crippen LogP contribution in [0.5, 0.6) is 0 Å². The molecule has 1 N–H and O–H groups in total. The van der Waals surface area contributed by atoms with E-state index in [-0.39, 0.29) is 0 Å². The zero-order valence-corrected chi connectivity index (χ0v) is 17.9. The number of hydrogen-bond donors (Lipinski definition) is 1. The van der Waals surface area contributed by atoms with Crippen LogP contribution in [0.25, 0.3) is 10.2 Å². The maximum Gasteiger partial charge on any atom is 0.225 e. The highest BCUT2D eigenvalue weighted by Crippen LogP contribution is 2.28. The van der Waals surface area contributed by atoms with Gasteiger partial charge in [0.15, 0.2) is 0 Å². The van der Waals surface area contributed by atoms with E-state index in [1.165, 1.54) is 28.9 Å². The van der Waals surface area contributed by atoms with Crippen LogP contribution in [0.4, 0.5) is 5.95 Å². The molecule has 1 aliphatic rings. The maximum atomic E-state index is 11.8. The fourth-order valence-corrected chi connectivity index (χ4v) is 4.83. The summed E-state index contributed by atoms with van der Waals surface area (Å²) in [5.74, 6) is 0.638. The number of nitrogens with one attached hydrogen (secondary N) is 1. The van der Waals surface area contributed by atoms with Gasteiger partial charge >= 0.3 is 0 Å². The Morgan fingerprint density at radius 2 is 1.86 bits per heavy atom. The van der Waals surface area contributed by atoms with E-state index in [1.807, 2.05) is 6.92 Å². The van der Waals surface area contributed by atoms with Crippen molar-refractivity contribution in [2.45, 2.75) is 24.8 Å². The summed E-state index contributed by atoms with van der Waals surface area (Å²) in [6.45, 7) is 7.80. The molecule has 7 nitrogen and oxygen atoms in total. The summed E-state index contributed by atoms with van der Waals surface area (Å²) in [4.78, 5) is 18.2. The second-order valence-corrected chi connectivity index (χ2v) is 10.6. The number of benzene rings is 1. The Morgan fingerprint density at radius 3 is 2.50 bits per heavy atom. The van der Waals surface area contributed by atoms with Crippen molar-refractivity contribution in [2.24, 2.45) is 0 Å². The highest BCUT2D eigenvalue weighted by Gasteiger charge is 2.24. The standard InChI is InChI=1S/C19H24N6OS2/c1-13(15-4-5-18-17(10-15)23-14(2)27-18)24-6-8-25(9-7-24)19-21-11-16(12-22-19)28(3,20)26/h4-5,10-13,20H,6-9H2,1-3H3/t13-,28?/m1/s1. The van der Waals surface area contributed by atoms with E-state index in [0.29, 0.717) is 16.9 Å². The Kier molecular flexibility index (Phi) is 5.07. The van der Waals surface area contributed by atoms with E-state index in [4.69, 9.17) is 4.78 Å². The molecule has 0 spiro atoms. The third-order valence-corrected chi connectivity index (χ3v) is 7.27. The molecular formula is C19H24N6OS2. The molecule has 1 unspecified atom stereocenters. The zero-order valence-electron chi connectivity index (χ0n) is 16.3. The predicted octanol–water partition coefficient (Wildman–Crippen LogP) is 3.31. The van der Waals surface area contributed by atoms with E-state index < -0.39 is 9.73 Å². The van der Waals surface area contributed by atoms with Gasteiger partial charge in [0.2, 0.25) is 5.95 Å². The summed E-state index contributed by atoms with van der Waals surface area (Å²) in [6, 6.07) is 6.92. The third kappa shape index (κ3) is 3.87. The van der Waals surface area contributed by atoms with Crippen molar-refractivity contribution >= 4 is 37.2 Å². The minimum absolute atomic E-state index is 0.324. The van der Waals surface area contributed by atoms with Crippen LogP contribution in [0, 0.1) is 11.7 Å². The van der Waals surface area contributed by atoms with Crippen LogP contribution in [0.2, 0.25) is 0 Å². The summed E-state index contributed by atoms with van der Waals surface area (Å²) >= 11 is 1.73. The Labute approximate surface area is 169 Å². The maximum absolute atomic E-state index is 11.8. The molecule has 1 fully saturated rings. The molecule has 1 aromatic carbocycles. The number of piperazine rings is 1. The van der Waals surface area contributed by atoms with Crippen molar-refractivity contribution in [2.75, 3.05) is 37.3 Å². The molecule has 2 aromatic heterocycles. The third-order valence-electron chi connectivity index (χ3n) is 5.21. The number of nitrogens with zero attached hydrogens (tertiary/aromatic N) is 5. The van der Waals surface area contributed by atoms with Gasteiger partial charge in [-0.05, 0) is 31.5 Å². The van der Waals surface area contributed by atoms with E-state index in [0.717, 1.165) is 36.7 Å². The van der Waals surface area contributed by atoms with Crippen LogP contribution in [0.1, 0.15) is 23.5 Å². The number of rotatable bonds is 4. The molecule has 0 aliphatic carbocycles. The van der Waals surface area contributed by atoms with Gasteiger partial charge in [0, 0.05) is 50.9 Å². The Bertz CT molecular complexity index is 1090. The summed E-state index contributed by atoms with van der Waals surface area (Å²) in [5, 5.41) is 1.10. The van der Waals surface area contributed by atoms with Gasteiger partial charge in [0.05, 0.1) is 29.8 Å². The average Bonchev–Trinajstić information content (AvgIpc) is 3.06. The Hall–Kier alpha value is -2.10. The van der Waals surface area contributed by atoms with Gasteiger partial charge in [-0.3, -0.25) is 4.90 Å². The quantitative estimate of drug-likeness (QED) is 0.702. The molecule has 0 bridgehead atoms. The van der Waals surface area contributed by atoms with Crippen LogP contribution < -0.4 is 4.90 Å². The topological polar surface area (TPSA) is 86.1 Å². The van der Waals surface area contributed by atoms with Crippen molar-refractivity contribution in [1.82, 2.24) is 19.9 Å². The smallest absolute Gasteiger partial charge is 0.225 e. The number of fused-ring (bicyclic) bond motifs is 1. The van der Waals surface area contributed by atoms with E-state index >= 15 is 0 Å². The average molecular weight is 417 g/mol. The van der Waals surface area contributed by atoms with Gasteiger partial charge in [-0.1, -0.05) is 6.07 Å². The van der Waals surface area contributed by atoms with Gasteiger partial charge in [0.25, 0.3) is 0 Å². The van der Waals surface area contributed by atoms with Crippen LogP contribution in [0.15, 0.2) is 35.5 Å². The lowest BCUT2D eigenvalue weighted by Gasteiger charge is -2.38. The van der Waals surface area contributed by atoms with Gasteiger partial charge in [-0.2, -0.15) is 0 Å². The molecule has 3 aromatic rings. The van der Waals surface area contributed by atoms with Gasteiger partial charge in [0.1, 0.15) is 0 Å². The monoisotopic (exact) mass is 416 g/mol. The molecule has 1 aliphatic heterocycles.